The zero-order valence-corrected chi connectivity index (χ0v) is 15.0. The van der Waals surface area contributed by atoms with E-state index in [1.807, 2.05) is 0 Å². The third-order valence-corrected chi connectivity index (χ3v) is 6.46. The molecular formula is C14H26N4O5S. The number of amides is 2. The smallest absolute Gasteiger partial charge is 0.317 e. The highest BCUT2D eigenvalue weighted by Gasteiger charge is 2.33. The van der Waals surface area contributed by atoms with Gasteiger partial charge in [-0.15, -0.1) is 0 Å². The second-order valence-corrected chi connectivity index (χ2v) is 8.70. The number of carbonyl (C=O) groups excluding carboxylic acids is 1. The Morgan fingerprint density at radius 2 is 1.79 bits per heavy atom. The standard InChI is InChI=1S/C14H26N4O5S/c1-16(2)24(22,23)18-8-4-6-12(10-18)15-14(21)17-7-3-5-11(9-17)13(19)20/h11-12H,3-10H2,1-2H3,(H,15,21)(H,19,20)/t11?,12-/m1/s1. The second-order valence-electron chi connectivity index (χ2n) is 6.56. The van der Waals surface area contributed by atoms with E-state index in [9.17, 15) is 18.0 Å². The Kier molecular flexibility index (Phi) is 6.05. The lowest BCUT2D eigenvalue weighted by Crippen LogP contribution is -2.55. The van der Waals surface area contributed by atoms with Crippen LogP contribution < -0.4 is 5.32 Å². The van der Waals surface area contributed by atoms with E-state index in [1.54, 1.807) is 0 Å². The average Bonchev–Trinajstić information content (AvgIpc) is 2.55. The summed E-state index contributed by atoms with van der Waals surface area (Å²) in [4.78, 5) is 25.0. The van der Waals surface area contributed by atoms with Crippen LogP contribution in [0, 0.1) is 5.92 Å². The monoisotopic (exact) mass is 362 g/mol. The van der Waals surface area contributed by atoms with Gasteiger partial charge in [0.2, 0.25) is 0 Å². The van der Waals surface area contributed by atoms with Gasteiger partial charge in [0.05, 0.1) is 5.92 Å². The van der Waals surface area contributed by atoms with Gasteiger partial charge in [-0.25, -0.2) is 4.79 Å². The first kappa shape index (κ1) is 18.9. The molecule has 10 heteroatoms. The normalized spacial score (nSPS) is 26.4. The molecule has 0 aromatic heterocycles. The minimum Gasteiger partial charge on any atom is -0.481 e. The Labute approximate surface area is 142 Å². The van der Waals surface area contributed by atoms with E-state index < -0.39 is 22.1 Å². The average molecular weight is 362 g/mol. The van der Waals surface area contributed by atoms with E-state index in [2.05, 4.69) is 5.32 Å². The van der Waals surface area contributed by atoms with Crippen LogP contribution in [-0.2, 0) is 15.0 Å². The van der Waals surface area contributed by atoms with Gasteiger partial charge < -0.3 is 15.3 Å². The molecule has 2 aliphatic rings. The molecule has 2 heterocycles. The van der Waals surface area contributed by atoms with Crippen LogP contribution >= 0.6 is 0 Å². The molecule has 0 saturated carbocycles. The van der Waals surface area contributed by atoms with Gasteiger partial charge in [0.15, 0.2) is 0 Å². The first-order chi connectivity index (χ1) is 11.2. The number of carboxylic acids is 1. The highest BCUT2D eigenvalue weighted by molar-refractivity contribution is 7.86. The lowest BCUT2D eigenvalue weighted by atomic mass is 9.98. The molecule has 0 aromatic carbocycles. The molecule has 2 fully saturated rings. The lowest BCUT2D eigenvalue weighted by Gasteiger charge is -2.36. The van der Waals surface area contributed by atoms with Crippen molar-refractivity contribution in [2.45, 2.75) is 31.7 Å². The Hall–Kier alpha value is -1.39. The van der Waals surface area contributed by atoms with Gasteiger partial charge in [-0.05, 0) is 25.7 Å². The van der Waals surface area contributed by atoms with Gasteiger partial charge in [-0.2, -0.15) is 17.0 Å². The maximum absolute atomic E-state index is 12.4. The van der Waals surface area contributed by atoms with Crippen LogP contribution in [0.4, 0.5) is 4.79 Å². The lowest BCUT2D eigenvalue weighted by molar-refractivity contribution is -0.143. The Morgan fingerprint density at radius 3 is 2.42 bits per heavy atom. The van der Waals surface area contributed by atoms with Crippen molar-refractivity contribution in [3.8, 4) is 0 Å². The Balaban J connectivity index is 1.93. The molecule has 2 N–H and O–H groups in total. The predicted octanol–water partition coefficient (Wildman–Crippen LogP) is -0.237. The van der Waals surface area contributed by atoms with Crippen LogP contribution in [0.25, 0.3) is 0 Å². The summed E-state index contributed by atoms with van der Waals surface area (Å²) in [6, 6.07) is -0.568. The van der Waals surface area contributed by atoms with Gasteiger partial charge >= 0.3 is 12.0 Å². The van der Waals surface area contributed by atoms with E-state index in [1.165, 1.54) is 27.6 Å². The maximum Gasteiger partial charge on any atom is 0.317 e. The minimum absolute atomic E-state index is 0.202. The van der Waals surface area contributed by atoms with E-state index in [0.717, 1.165) is 0 Å². The minimum atomic E-state index is -3.49. The first-order valence-corrected chi connectivity index (χ1v) is 9.57. The van der Waals surface area contributed by atoms with Crippen molar-refractivity contribution in [3.05, 3.63) is 0 Å². The summed E-state index contributed by atoms with van der Waals surface area (Å²) in [7, 11) is -0.523. The van der Waals surface area contributed by atoms with Gasteiger partial charge in [0.1, 0.15) is 0 Å². The summed E-state index contributed by atoms with van der Waals surface area (Å²) in [5.74, 6) is -1.41. The highest BCUT2D eigenvalue weighted by Crippen LogP contribution is 2.18. The SMILES string of the molecule is CN(C)S(=O)(=O)N1CCC[C@@H](NC(=O)N2CCCC(C(=O)O)C2)C1. The van der Waals surface area contributed by atoms with Gasteiger partial charge in [0.25, 0.3) is 10.2 Å². The Morgan fingerprint density at radius 1 is 1.12 bits per heavy atom. The van der Waals surface area contributed by atoms with Crippen molar-refractivity contribution in [2.75, 3.05) is 40.3 Å². The molecule has 0 bridgehead atoms. The molecule has 0 radical (unpaired) electrons. The van der Waals surface area contributed by atoms with E-state index in [0.29, 0.717) is 38.8 Å². The number of carbonyl (C=O) groups is 2. The molecule has 2 amide bonds. The molecule has 24 heavy (non-hydrogen) atoms. The van der Waals surface area contributed by atoms with Crippen LogP contribution in [0.2, 0.25) is 0 Å². The fourth-order valence-corrected chi connectivity index (χ4v) is 4.32. The van der Waals surface area contributed by atoms with Crippen molar-refractivity contribution < 1.29 is 23.1 Å². The Bertz CT molecular complexity index is 580. The van der Waals surface area contributed by atoms with Crippen molar-refractivity contribution in [2.24, 2.45) is 5.92 Å². The van der Waals surface area contributed by atoms with Crippen LogP contribution in [0.3, 0.4) is 0 Å². The molecule has 2 rings (SSSR count). The highest BCUT2D eigenvalue weighted by atomic mass is 32.2. The predicted molar refractivity (Wildman–Crippen MR) is 87.7 cm³/mol. The van der Waals surface area contributed by atoms with E-state index >= 15 is 0 Å². The number of rotatable bonds is 4. The van der Waals surface area contributed by atoms with Crippen molar-refractivity contribution in [1.29, 1.82) is 0 Å². The zero-order valence-electron chi connectivity index (χ0n) is 14.1. The number of hydrogen-bond acceptors (Lipinski definition) is 4. The van der Waals surface area contributed by atoms with Crippen molar-refractivity contribution >= 4 is 22.2 Å². The third kappa shape index (κ3) is 4.37. The topological polar surface area (TPSA) is 110 Å². The van der Waals surface area contributed by atoms with Crippen molar-refractivity contribution in [1.82, 2.24) is 18.8 Å². The van der Waals surface area contributed by atoms with E-state index in [-0.39, 0.29) is 25.2 Å². The quantitative estimate of drug-likeness (QED) is 0.717. The van der Waals surface area contributed by atoms with Gasteiger partial charge in [0, 0.05) is 46.3 Å². The van der Waals surface area contributed by atoms with Gasteiger partial charge in [-0.1, -0.05) is 0 Å². The summed E-state index contributed by atoms with van der Waals surface area (Å²) in [5, 5.41) is 12.0. The molecule has 0 aromatic rings. The van der Waals surface area contributed by atoms with Crippen LogP contribution in [-0.4, -0.2) is 85.4 Å². The molecule has 0 spiro atoms. The first-order valence-electron chi connectivity index (χ1n) is 8.17. The number of likely N-dealkylation sites (tertiary alicyclic amines) is 1. The molecule has 0 aliphatic carbocycles. The van der Waals surface area contributed by atoms with Crippen LogP contribution in [0.1, 0.15) is 25.7 Å². The number of aliphatic carboxylic acids is 1. The van der Waals surface area contributed by atoms with Crippen molar-refractivity contribution in [3.63, 3.8) is 0 Å². The number of urea groups is 1. The number of piperidine rings is 2. The summed E-state index contributed by atoms with van der Waals surface area (Å²) >= 11 is 0. The van der Waals surface area contributed by atoms with Crippen LogP contribution in [0.5, 0.6) is 0 Å². The zero-order chi connectivity index (χ0) is 17.9. The van der Waals surface area contributed by atoms with Gasteiger partial charge in [-0.3, -0.25) is 4.79 Å². The second kappa shape index (κ2) is 7.66. The third-order valence-electron chi connectivity index (χ3n) is 4.56. The fraction of sp³-hybridized carbons (Fsp3) is 0.857. The molecule has 2 saturated heterocycles. The number of nitrogens with zero attached hydrogens (tertiary/aromatic N) is 3. The fourth-order valence-electron chi connectivity index (χ4n) is 3.13. The molecule has 9 nitrogen and oxygen atoms in total. The number of hydrogen-bond donors (Lipinski definition) is 2. The summed E-state index contributed by atoms with van der Waals surface area (Å²) in [6.45, 7) is 1.41. The number of carboxylic acid groups (broad SMARTS) is 1. The van der Waals surface area contributed by atoms with E-state index in [4.69, 9.17) is 5.11 Å². The number of nitrogens with one attached hydrogen (secondary N) is 1. The molecule has 2 atom stereocenters. The molecule has 138 valence electrons. The van der Waals surface area contributed by atoms with Crippen LogP contribution in [0.15, 0.2) is 0 Å². The molecular weight excluding hydrogens is 336 g/mol. The maximum atomic E-state index is 12.4. The molecule has 2 aliphatic heterocycles. The summed E-state index contributed by atoms with van der Waals surface area (Å²) in [5.41, 5.74) is 0. The molecule has 1 unspecified atom stereocenters. The summed E-state index contributed by atoms with van der Waals surface area (Å²) < 4.78 is 26.9. The largest absolute Gasteiger partial charge is 0.481 e. The summed E-state index contributed by atoms with van der Waals surface area (Å²) in [6.07, 6.45) is 2.63.